The summed E-state index contributed by atoms with van der Waals surface area (Å²) in [6, 6.07) is 2.02. The van der Waals surface area contributed by atoms with Gasteiger partial charge in [-0.2, -0.15) is 4.31 Å². The van der Waals surface area contributed by atoms with Gasteiger partial charge in [-0.3, -0.25) is 0 Å². The zero-order valence-corrected chi connectivity index (χ0v) is 14.8. The van der Waals surface area contributed by atoms with Crippen LogP contribution < -0.4 is 5.32 Å². The van der Waals surface area contributed by atoms with Crippen molar-refractivity contribution in [2.45, 2.75) is 31.3 Å². The molecule has 0 spiro atoms. The molecular formula is C14H25N3O2S2. The van der Waals surface area contributed by atoms with E-state index in [4.69, 9.17) is 0 Å². The van der Waals surface area contributed by atoms with Crippen molar-refractivity contribution in [3.8, 4) is 0 Å². The molecule has 21 heavy (non-hydrogen) atoms. The standard InChI is InChI=1S/C14H25N3O2S2/c1-5-15-8-13-14(6-7-20-13)21(18,19)17-9-11(2)12(10-17)16(3)4/h6-7,11-12,15H,5,8-10H2,1-4H3. The smallest absolute Gasteiger partial charge is 0.244 e. The maximum absolute atomic E-state index is 12.9. The molecule has 0 saturated carbocycles. The molecule has 1 aromatic heterocycles. The molecule has 2 atom stereocenters. The summed E-state index contributed by atoms with van der Waals surface area (Å²) in [6.45, 7) is 6.76. The molecule has 1 aromatic rings. The van der Waals surface area contributed by atoms with Gasteiger partial charge in [-0.05, 0) is 38.0 Å². The predicted molar refractivity (Wildman–Crippen MR) is 87.1 cm³/mol. The van der Waals surface area contributed by atoms with Gasteiger partial charge in [0.05, 0.1) is 4.90 Å². The lowest BCUT2D eigenvalue weighted by Crippen LogP contribution is -2.36. The van der Waals surface area contributed by atoms with Crippen LogP contribution in [0.1, 0.15) is 18.7 Å². The zero-order chi connectivity index (χ0) is 15.6. The van der Waals surface area contributed by atoms with E-state index in [2.05, 4.69) is 17.1 Å². The molecule has 0 aliphatic carbocycles. The molecule has 1 saturated heterocycles. The highest BCUT2D eigenvalue weighted by Crippen LogP contribution is 2.30. The number of sulfonamides is 1. The van der Waals surface area contributed by atoms with Crippen LogP contribution in [0.15, 0.2) is 16.3 Å². The van der Waals surface area contributed by atoms with E-state index in [1.54, 1.807) is 10.4 Å². The maximum Gasteiger partial charge on any atom is 0.244 e. The maximum atomic E-state index is 12.9. The average Bonchev–Trinajstić information content (AvgIpc) is 3.02. The topological polar surface area (TPSA) is 52.7 Å². The van der Waals surface area contributed by atoms with Crippen molar-refractivity contribution >= 4 is 21.4 Å². The van der Waals surface area contributed by atoms with Crippen molar-refractivity contribution < 1.29 is 8.42 Å². The predicted octanol–water partition coefficient (Wildman–Crippen LogP) is 1.43. The summed E-state index contributed by atoms with van der Waals surface area (Å²) < 4.78 is 27.4. The fourth-order valence-electron chi connectivity index (χ4n) is 2.84. The van der Waals surface area contributed by atoms with E-state index in [9.17, 15) is 8.42 Å². The second-order valence-electron chi connectivity index (χ2n) is 5.82. The summed E-state index contributed by atoms with van der Waals surface area (Å²) in [5.41, 5.74) is 0. The van der Waals surface area contributed by atoms with Gasteiger partial charge in [0.25, 0.3) is 0 Å². The van der Waals surface area contributed by atoms with Gasteiger partial charge in [0, 0.05) is 30.6 Å². The minimum Gasteiger partial charge on any atom is -0.312 e. The van der Waals surface area contributed by atoms with Gasteiger partial charge in [0.1, 0.15) is 0 Å². The first-order chi connectivity index (χ1) is 9.87. The first-order valence-electron chi connectivity index (χ1n) is 7.31. The first-order valence-corrected chi connectivity index (χ1v) is 9.63. The van der Waals surface area contributed by atoms with Gasteiger partial charge in [0.15, 0.2) is 0 Å². The molecule has 2 unspecified atom stereocenters. The highest BCUT2D eigenvalue weighted by atomic mass is 32.2. The Balaban J connectivity index is 2.21. The minimum absolute atomic E-state index is 0.288. The zero-order valence-electron chi connectivity index (χ0n) is 13.2. The van der Waals surface area contributed by atoms with Crippen LogP contribution in [-0.4, -0.2) is 57.4 Å². The summed E-state index contributed by atoms with van der Waals surface area (Å²) in [5, 5.41) is 5.07. The van der Waals surface area contributed by atoms with Crippen molar-refractivity contribution in [1.82, 2.24) is 14.5 Å². The average molecular weight is 332 g/mol. The Bertz CT molecular complexity index is 569. The van der Waals surface area contributed by atoms with Crippen LogP contribution in [0.5, 0.6) is 0 Å². The third-order valence-electron chi connectivity index (χ3n) is 4.06. The molecule has 0 bridgehead atoms. The molecule has 120 valence electrons. The van der Waals surface area contributed by atoms with Crippen LogP contribution in [0.2, 0.25) is 0 Å². The van der Waals surface area contributed by atoms with Crippen LogP contribution in [0, 0.1) is 5.92 Å². The summed E-state index contributed by atoms with van der Waals surface area (Å²) in [4.78, 5) is 3.49. The molecule has 0 amide bonds. The Morgan fingerprint density at radius 2 is 2.14 bits per heavy atom. The number of likely N-dealkylation sites (N-methyl/N-ethyl adjacent to an activating group) is 1. The molecule has 7 heteroatoms. The quantitative estimate of drug-likeness (QED) is 0.857. The summed E-state index contributed by atoms with van der Waals surface area (Å²) >= 11 is 1.50. The van der Waals surface area contributed by atoms with E-state index in [0.717, 1.165) is 11.4 Å². The van der Waals surface area contributed by atoms with Crippen LogP contribution in [0.4, 0.5) is 0 Å². The number of hydrogen-bond donors (Lipinski definition) is 1. The van der Waals surface area contributed by atoms with Gasteiger partial charge in [-0.1, -0.05) is 13.8 Å². The summed E-state index contributed by atoms with van der Waals surface area (Å²) in [5.74, 6) is 0.352. The Morgan fingerprint density at radius 3 is 2.71 bits per heavy atom. The number of hydrogen-bond acceptors (Lipinski definition) is 5. The Morgan fingerprint density at radius 1 is 1.43 bits per heavy atom. The minimum atomic E-state index is -3.38. The Kier molecular flexibility index (Phi) is 5.43. The highest BCUT2D eigenvalue weighted by molar-refractivity contribution is 7.89. The molecule has 2 rings (SSSR count). The fraction of sp³-hybridized carbons (Fsp3) is 0.714. The lowest BCUT2D eigenvalue weighted by atomic mass is 10.1. The van der Waals surface area contributed by atoms with E-state index < -0.39 is 10.0 Å². The van der Waals surface area contributed by atoms with E-state index in [1.807, 2.05) is 26.4 Å². The summed E-state index contributed by atoms with van der Waals surface area (Å²) in [7, 11) is 0.646. The van der Waals surface area contributed by atoms with Crippen LogP contribution >= 0.6 is 11.3 Å². The number of thiophene rings is 1. The van der Waals surface area contributed by atoms with E-state index in [-0.39, 0.29) is 6.04 Å². The molecule has 1 aliphatic rings. The van der Waals surface area contributed by atoms with Crippen LogP contribution in [0.3, 0.4) is 0 Å². The van der Waals surface area contributed by atoms with Crippen LogP contribution in [0.25, 0.3) is 0 Å². The van der Waals surface area contributed by atoms with Gasteiger partial charge in [0.2, 0.25) is 10.0 Å². The molecule has 0 radical (unpaired) electrons. The molecule has 1 N–H and O–H groups in total. The Hall–Kier alpha value is -0.470. The largest absolute Gasteiger partial charge is 0.312 e. The van der Waals surface area contributed by atoms with E-state index in [1.165, 1.54) is 11.3 Å². The monoisotopic (exact) mass is 331 g/mol. The summed E-state index contributed by atoms with van der Waals surface area (Å²) in [6.07, 6.45) is 0. The molecule has 2 heterocycles. The molecule has 5 nitrogen and oxygen atoms in total. The van der Waals surface area contributed by atoms with Gasteiger partial charge in [-0.25, -0.2) is 8.42 Å². The third-order valence-corrected chi connectivity index (χ3v) is 7.03. The van der Waals surface area contributed by atoms with Gasteiger partial charge < -0.3 is 10.2 Å². The van der Waals surface area contributed by atoms with Crippen molar-refractivity contribution in [3.05, 3.63) is 16.3 Å². The number of nitrogens with zero attached hydrogens (tertiary/aromatic N) is 2. The molecule has 0 aromatic carbocycles. The second-order valence-corrected chi connectivity index (χ2v) is 8.73. The van der Waals surface area contributed by atoms with E-state index >= 15 is 0 Å². The SMILES string of the molecule is CCNCc1sccc1S(=O)(=O)N1CC(C)C(N(C)C)C1. The fourth-order valence-corrected chi connectivity index (χ4v) is 5.78. The molecular weight excluding hydrogens is 306 g/mol. The first kappa shape index (κ1) is 16.9. The highest BCUT2D eigenvalue weighted by Gasteiger charge is 2.39. The Labute approximate surface area is 132 Å². The number of nitrogens with one attached hydrogen (secondary N) is 1. The lowest BCUT2D eigenvalue weighted by Gasteiger charge is -2.22. The van der Waals surface area contributed by atoms with Crippen molar-refractivity contribution in [3.63, 3.8) is 0 Å². The van der Waals surface area contributed by atoms with E-state index in [0.29, 0.717) is 30.4 Å². The van der Waals surface area contributed by atoms with Crippen LogP contribution in [-0.2, 0) is 16.6 Å². The lowest BCUT2D eigenvalue weighted by molar-refractivity contribution is 0.263. The molecule has 1 aliphatic heterocycles. The number of rotatable bonds is 6. The van der Waals surface area contributed by atoms with Crippen molar-refractivity contribution in [1.29, 1.82) is 0 Å². The second kappa shape index (κ2) is 6.75. The van der Waals surface area contributed by atoms with Gasteiger partial charge in [-0.15, -0.1) is 11.3 Å². The van der Waals surface area contributed by atoms with Gasteiger partial charge >= 0.3 is 0 Å². The van der Waals surface area contributed by atoms with Crippen molar-refractivity contribution in [2.24, 2.45) is 5.92 Å². The molecule has 1 fully saturated rings. The third kappa shape index (κ3) is 3.48. The van der Waals surface area contributed by atoms with Crippen molar-refractivity contribution in [2.75, 3.05) is 33.7 Å². The normalized spacial score (nSPS) is 24.0.